The summed E-state index contributed by atoms with van der Waals surface area (Å²) in [4.78, 5) is 6.79. The summed E-state index contributed by atoms with van der Waals surface area (Å²) in [7, 11) is 2.12. The number of piperidine rings is 1. The predicted octanol–water partition coefficient (Wildman–Crippen LogP) is 3.40. The zero-order valence-corrected chi connectivity index (χ0v) is 17.3. The summed E-state index contributed by atoms with van der Waals surface area (Å²) in [5.74, 6) is 2.71. The van der Waals surface area contributed by atoms with Crippen LogP contribution in [0.5, 0.6) is 0 Å². The summed E-state index contributed by atoms with van der Waals surface area (Å²) in [6, 6.07) is 16.8. The first-order valence-electron chi connectivity index (χ1n) is 10.5. The van der Waals surface area contributed by atoms with Crippen molar-refractivity contribution >= 4 is 0 Å². The lowest BCUT2D eigenvalue weighted by Gasteiger charge is -2.25. The van der Waals surface area contributed by atoms with Crippen molar-refractivity contribution in [2.24, 2.45) is 5.92 Å². The Hall–Kier alpha value is -2.57. The smallest absolute Gasteiger partial charge is 0.151 e. The Bertz CT molecular complexity index is 886. The first kappa shape index (κ1) is 19.7. The Morgan fingerprint density at radius 1 is 1.03 bits per heavy atom. The van der Waals surface area contributed by atoms with Gasteiger partial charge in [0.05, 0.1) is 12.2 Å². The highest BCUT2D eigenvalue weighted by molar-refractivity contribution is 5.34. The zero-order valence-electron chi connectivity index (χ0n) is 17.3. The highest BCUT2D eigenvalue weighted by Gasteiger charge is 2.22. The molecule has 1 saturated heterocycles. The fraction of sp³-hybridized carbons (Fsp3) is 0.435. The molecular weight excluding hydrogens is 360 g/mol. The highest BCUT2D eigenvalue weighted by atomic mass is 15.3. The largest absolute Gasteiger partial charge is 0.317 e. The van der Waals surface area contributed by atoms with Gasteiger partial charge in [0.15, 0.2) is 5.82 Å². The summed E-state index contributed by atoms with van der Waals surface area (Å²) in [5, 5.41) is 12.7. The topological polar surface area (TPSA) is 58.9 Å². The maximum atomic E-state index is 4.62. The molecule has 29 heavy (non-hydrogen) atoms. The number of pyridine rings is 1. The van der Waals surface area contributed by atoms with Gasteiger partial charge in [0.2, 0.25) is 0 Å². The molecule has 3 aromatic rings. The van der Waals surface area contributed by atoms with Gasteiger partial charge in [-0.1, -0.05) is 24.3 Å². The van der Waals surface area contributed by atoms with Gasteiger partial charge < -0.3 is 5.32 Å². The first-order chi connectivity index (χ1) is 14.2. The number of nitrogens with one attached hydrogen (secondary N) is 1. The van der Waals surface area contributed by atoms with Crippen LogP contribution in [0.3, 0.4) is 0 Å². The van der Waals surface area contributed by atoms with Crippen molar-refractivity contribution in [2.45, 2.75) is 38.8 Å². The molecule has 6 nitrogen and oxygen atoms in total. The van der Waals surface area contributed by atoms with Gasteiger partial charge in [0, 0.05) is 24.3 Å². The van der Waals surface area contributed by atoms with Crippen LogP contribution in [0.2, 0.25) is 0 Å². The quantitative estimate of drug-likeness (QED) is 0.670. The molecule has 0 unspecified atom stereocenters. The molecule has 152 valence electrons. The Morgan fingerprint density at radius 3 is 2.48 bits per heavy atom. The fourth-order valence-corrected chi connectivity index (χ4v) is 4.02. The van der Waals surface area contributed by atoms with E-state index in [0.717, 1.165) is 42.5 Å². The van der Waals surface area contributed by atoms with Gasteiger partial charge in [-0.2, -0.15) is 0 Å². The van der Waals surface area contributed by atoms with Gasteiger partial charge >= 0.3 is 0 Å². The standard InChI is InChI=1S/C23H30N6/c1-18(21-10-6-7-13-25-21)28(2)17-23-27-26-22(16-19-11-14-24-15-12-19)29(23)20-8-4-3-5-9-20/h3-10,13,18-19,24H,11-12,14-17H2,1-2H3/t18-/m1/s1. The van der Waals surface area contributed by atoms with Crippen LogP contribution in [-0.2, 0) is 13.0 Å². The number of hydrogen-bond acceptors (Lipinski definition) is 5. The Balaban J connectivity index is 1.59. The fourth-order valence-electron chi connectivity index (χ4n) is 4.02. The van der Waals surface area contributed by atoms with Crippen LogP contribution >= 0.6 is 0 Å². The van der Waals surface area contributed by atoms with Crippen molar-refractivity contribution in [3.05, 3.63) is 72.1 Å². The average Bonchev–Trinajstić information content (AvgIpc) is 3.17. The molecule has 4 rings (SSSR count). The van der Waals surface area contributed by atoms with E-state index in [-0.39, 0.29) is 6.04 Å². The first-order valence-corrected chi connectivity index (χ1v) is 10.5. The third-order valence-electron chi connectivity index (χ3n) is 5.91. The van der Waals surface area contributed by atoms with Crippen molar-refractivity contribution in [1.29, 1.82) is 0 Å². The molecule has 0 saturated carbocycles. The Morgan fingerprint density at radius 2 is 1.76 bits per heavy atom. The van der Waals surface area contributed by atoms with Crippen LogP contribution in [0.15, 0.2) is 54.7 Å². The van der Waals surface area contributed by atoms with E-state index in [1.807, 2.05) is 18.3 Å². The van der Waals surface area contributed by atoms with Crippen molar-refractivity contribution < 1.29 is 0 Å². The molecule has 1 aliphatic heterocycles. The summed E-state index contributed by atoms with van der Waals surface area (Å²) in [6.07, 6.45) is 5.23. The lowest BCUT2D eigenvalue weighted by atomic mass is 9.94. The molecule has 1 fully saturated rings. The SMILES string of the molecule is C[C@H](c1ccccn1)N(C)Cc1nnc(CC2CCNCC2)n1-c1ccccc1. The molecule has 0 radical (unpaired) electrons. The van der Waals surface area contributed by atoms with Gasteiger partial charge in [0.1, 0.15) is 5.82 Å². The summed E-state index contributed by atoms with van der Waals surface area (Å²) >= 11 is 0. The minimum Gasteiger partial charge on any atom is -0.317 e. The number of rotatable bonds is 7. The van der Waals surface area contributed by atoms with E-state index < -0.39 is 0 Å². The number of para-hydroxylation sites is 1. The minimum absolute atomic E-state index is 0.199. The second kappa shape index (κ2) is 9.29. The molecule has 1 N–H and O–H groups in total. The minimum atomic E-state index is 0.199. The predicted molar refractivity (Wildman–Crippen MR) is 115 cm³/mol. The third-order valence-corrected chi connectivity index (χ3v) is 5.91. The van der Waals surface area contributed by atoms with Crippen LogP contribution in [0.4, 0.5) is 0 Å². The molecule has 0 bridgehead atoms. The lowest BCUT2D eigenvalue weighted by Crippen LogP contribution is -2.29. The second-order valence-electron chi connectivity index (χ2n) is 7.95. The van der Waals surface area contributed by atoms with Gasteiger partial charge in [-0.15, -0.1) is 10.2 Å². The number of benzene rings is 1. The Kier molecular flexibility index (Phi) is 6.32. The van der Waals surface area contributed by atoms with Crippen LogP contribution in [-0.4, -0.2) is 44.8 Å². The van der Waals surface area contributed by atoms with E-state index in [9.17, 15) is 0 Å². The van der Waals surface area contributed by atoms with Crippen LogP contribution in [0, 0.1) is 5.92 Å². The summed E-state index contributed by atoms with van der Waals surface area (Å²) in [6.45, 7) is 5.09. The molecular formula is C23H30N6. The van der Waals surface area contributed by atoms with Crippen molar-refractivity contribution in [3.63, 3.8) is 0 Å². The van der Waals surface area contributed by atoms with E-state index in [1.54, 1.807) is 0 Å². The molecule has 0 amide bonds. The zero-order chi connectivity index (χ0) is 20.1. The van der Waals surface area contributed by atoms with E-state index in [1.165, 1.54) is 12.8 Å². The molecule has 1 aliphatic rings. The maximum Gasteiger partial charge on any atom is 0.151 e. The molecule has 2 aromatic heterocycles. The maximum absolute atomic E-state index is 4.62. The third kappa shape index (κ3) is 4.71. The van der Waals surface area contributed by atoms with Gasteiger partial charge in [0.25, 0.3) is 0 Å². The molecule has 6 heteroatoms. The van der Waals surface area contributed by atoms with Gasteiger partial charge in [-0.25, -0.2) is 0 Å². The van der Waals surface area contributed by atoms with Crippen molar-refractivity contribution in [3.8, 4) is 5.69 Å². The lowest BCUT2D eigenvalue weighted by molar-refractivity contribution is 0.241. The summed E-state index contributed by atoms with van der Waals surface area (Å²) < 4.78 is 2.25. The molecule has 1 atom stereocenters. The number of nitrogens with zero attached hydrogens (tertiary/aromatic N) is 5. The Labute approximate surface area is 173 Å². The second-order valence-corrected chi connectivity index (χ2v) is 7.95. The van der Waals surface area contributed by atoms with Crippen LogP contribution in [0.25, 0.3) is 5.69 Å². The van der Waals surface area contributed by atoms with E-state index in [2.05, 4.69) is 80.3 Å². The monoisotopic (exact) mass is 390 g/mol. The van der Waals surface area contributed by atoms with E-state index >= 15 is 0 Å². The molecule has 1 aromatic carbocycles. The van der Waals surface area contributed by atoms with Gasteiger partial charge in [-0.05, 0) is 70.1 Å². The molecule has 3 heterocycles. The van der Waals surface area contributed by atoms with Gasteiger partial charge in [-0.3, -0.25) is 14.5 Å². The van der Waals surface area contributed by atoms with Crippen LogP contribution in [0.1, 0.15) is 43.1 Å². The normalized spacial score (nSPS) is 16.2. The average molecular weight is 391 g/mol. The highest BCUT2D eigenvalue weighted by Crippen LogP contribution is 2.23. The van der Waals surface area contributed by atoms with E-state index in [0.29, 0.717) is 12.5 Å². The van der Waals surface area contributed by atoms with Crippen molar-refractivity contribution in [2.75, 3.05) is 20.1 Å². The number of aromatic nitrogens is 4. The molecule has 0 aliphatic carbocycles. The number of hydrogen-bond donors (Lipinski definition) is 1. The summed E-state index contributed by atoms with van der Waals surface area (Å²) in [5.41, 5.74) is 2.20. The molecule has 0 spiro atoms. The van der Waals surface area contributed by atoms with Crippen LogP contribution < -0.4 is 5.32 Å². The van der Waals surface area contributed by atoms with E-state index in [4.69, 9.17) is 0 Å². The van der Waals surface area contributed by atoms with Crippen molar-refractivity contribution in [1.82, 2.24) is 30.0 Å².